The molecule has 0 aromatic heterocycles. The zero-order valence-corrected chi connectivity index (χ0v) is 24.8. The smallest absolute Gasteiger partial charge is 0.357 e. The molecule has 2 atom stereocenters. The Morgan fingerprint density at radius 2 is 1.54 bits per heavy atom. The van der Waals surface area contributed by atoms with Crippen LogP contribution in [0.4, 0.5) is 0 Å². The molecule has 1 amide bonds. The SMILES string of the molecule is O=C(OC(c1ccccc1)c1ccccc1)C(=C(CBr)N1CCOCC1)N1C(=O)[C@H]2N=C(Cc3ccccc3)S[C@H]21. The summed E-state index contributed by atoms with van der Waals surface area (Å²) in [6.07, 6.45) is 0.0246. The molecule has 210 valence electrons. The first kappa shape index (κ1) is 27.8. The van der Waals surface area contributed by atoms with Crippen molar-refractivity contribution in [3.05, 3.63) is 119 Å². The Balaban J connectivity index is 1.33. The minimum atomic E-state index is -0.630. The third kappa shape index (κ3) is 5.84. The second-order valence-corrected chi connectivity index (χ2v) is 11.7. The number of benzene rings is 3. The first-order chi connectivity index (χ1) is 20.1. The van der Waals surface area contributed by atoms with Gasteiger partial charge in [0.1, 0.15) is 5.37 Å². The van der Waals surface area contributed by atoms with E-state index in [1.54, 1.807) is 16.7 Å². The number of ether oxygens (including phenoxy) is 2. The minimum Gasteiger partial charge on any atom is -0.448 e. The molecule has 41 heavy (non-hydrogen) atoms. The molecular weight excluding hydrogens is 602 g/mol. The van der Waals surface area contributed by atoms with E-state index in [0.717, 1.165) is 27.4 Å². The van der Waals surface area contributed by atoms with Gasteiger partial charge in [0.15, 0.2) is 17.8 Å². The van der Waals surface area contributed by atoms with Gasteiger partial charge in [0.2, 0.25) is 0 Å². The van der Waals surface area contributed by atoms with E-state index in [0.29, 0.717) is 38.1 Å². The number of hydrogen-bond donors (Lipinski definition) is 0. The van der Waals surface area contributed by atoms with Gasteiger partial charge >= 0.3 is 5.97 Å². The summed E-state index contributed by atoms with van der Waals surface area (Å²) in [4.78, 5) is 36.4. The van der Waals surface area contributed by atoms with Crippen molar-refractivity contribution in [2.45, 2.75) is 23.9 Å². The monoisotopic (exact) mass is 631 g/mol. The first-order valence-corrected chi connectivity index (χ1v) is 15.7. The van der Waals surface area contributed by atoms with E-state index in [1.165, 1.54) is 0 Å². The van der Waals surface area contributed by atoms with Crippen LogP contribution in [-0.4, -0.2) is 69.8 Å². The van der Waals surface area contributed by atoms with Crippen molar-refractivity contribution in [1.82, 2.24) is 9.80 Å². The maximum atomic E-state index is 14.3. The number of carbonyl (C=O) groups excluding carboxylic acids is 2. The maximum Gasteiger partial charge on any atom is 0.357 e. The number of esters is 1. The second kappa shape index (κ2) is 12.6. The van der Waals surface area contributed by atoms with E-state index in [2.05, 4.69) is 33.0 Å². The molecular formula is C32H30BrN3O4S. The van der Waals surface area contributed by atoms with Crippen LogP contribution >= 0.6 is 27.7 Å². The average Bonchev–Trinajstić information content (AvgIpc) is 3.40. The Morgan fingerprint density at radius 3 is 2.12 bits per heavy atom. The second-order valence-electron chi connectivity index (χ2n) is 9.98. The summed E-state index contributed by atoms with van der Waals surface area (Å²) in [5.41, 5.74) is 3.85. The highest BCUT2D eigenvalue weighted by Gasteiger charge is 2.56. The van der Waals surface area contributed by atoms with Crippen LogP contribution in [0.1, 0.15) is 22.8 Å². The zero-order valence-electron chi connectivity index (χ0n) is 22.4. The molecule has 3 aromatic carbocycles. The van der Waals surface area contributed by atoms with Crippen LogP contribution in [-0.2, 0) is 25.5 Å². The van der Waals surface area contributed by atoms with Crippen LogP contribution < -0.4 is 0 Å². The van der Waals surface area contributed by atoms with Crippen molar-refractivity contribution >= 4 is 44.6 Å². The van der Waals surface area contributed by atoms with Crippen LogP contribution in [0.5, 0.6) is 0 Å². The van der Waals surface area contributed by atoms with Crippen LogP contribution in [0.2, 0.25) is 0 Å². The normalized spacial score (nSPS) is 20.7. The van der Waals surface area contributed by atoms with E-state index < -0.39 is 18.1 Å². The Morgan fingerprint density at radius 1 is 0.951 bits per heavy atom. The van der Waals surface area contributed by atoms with Gasteiger partial charge in [-0.25, -0.2) is 4.79 Å². The lowest BCUT2D eigenvalue weighted by atomic mass is 10.0. The third-order valence-corrected chi connectivity index (χ3v) is 9.17. The van der Waals surface area contributed by atoms with Crippen molar-refractivity contribution in [3.63, 3.8) is 0 Å². The summed E-state index contributed by atoms with van der Waals surface area (Å²) in [6.45, 7) is 2.35. The number of nitrogens with zero attached hydrogens (tertiary/aromatic N) is 3. The van der Waals surface area contributed by atoms with E-state index in [-0.39, 0.29) is 17.0 Å². The Kier molecular flexibility index (Phi) is 8.55. The fourth-order valence-electron chi connectivity index (χ4n) is 5.34. The standard InChI is InChI=1S/C32H30BrN3O4S/c33-21-25(35-16-18-39-19-17-35)28(32(38)40-29(23-12-6-2-7-13-23)24-14-8-3-9-15-24)36-30(37)27-31(36)41-26(34-27)20-22-10-4-1-5-11-22/h1-15,27,29,31H,16-21H2/t27-,31-/m1/s1. The van der Waals surface area contributed by atoms with E-state index in [1.807, 2.05) is 78.9 Å². The first-order valence-electron chi connectivity index (χ1n) is 13.7. The number of morpholine rings is 1. The number of alkyl halides is 1. The number of likely N-dealkylation sites (tertiary alicyclic amines) is 1. The van der Waals surface area contributed by atoms with Gasteiger partial charge in [-0.2, -0.15) is 0 Å². The van der Waals surface area contributed by atoms with Crippen LogP contribution in [0.15, 0.2) is 107 Å². The molecule has 0 unspecified atom stereocenters. The summed E-state index contributed by atoms with van der Waals surface area (Å²) < 4.78 is 11.9. The molecule has 6 rings (SSSR count). The number of rotatable bonds is 9. The summed E-state index contributed by atoms with van der Waals surface area (Å²) in [7, 11) is 0. The molecule has 3 heterocycles. The molecule has 0 spiro atoms. The van der Waals surface area contributed by atoms with E-state index in [4.69, 9.17) is 14.5 Å². The lowest BCUT2D eigenvalue weighted by Gasteiger charge is -2.44. The van der Waals surface area contributed by atoms with Crippen molar-refractivity contribution in [2.24, 2.45) is 4.99 Å². The van der Waals surface area contributed by atoms with E-state index >= 15 is 0 Å². The number of halogens is 1. The third-order valence-electron chi connectivity index (χ3n) is 7.41. The topological polar surface area (TPSA) is 71.4 Å². The predicted octanol–water partition coefficient (Wildman–Crippen LogP) is 5.18. The Labute approximate surface area is 252 Å². The van der Waals surface area contributed by atoms with Crippen molar-refractivity contribution in [1.29, 1.82) is 0 Å². The van der Waals surface area contributed by atoms with Gasteiger partial charge in [0, 0.05) is 24.8 Å². The lowest BCUT2D eigenvalue weighted by molar-refractivity contribution is -0.153. The van der Waals surface area contributed by atoms with Gasteiger partial charge in [-0.1, -0.05) is 119 Å². The highest BCUT2D eigenvalue weighted by Crippen LogP contribution is 2.44. The number of hydrogen-bond acceptors (Lipinski definition) is 7. The molecule has 0 bridgehead atoms. The molecule has 3 aliphatic heterocycles. The van der Waals surface area contributed by atoms with Gasteiger partial charge in [0.25, 0.3) is 5.91 Å². The molecule has 2 saturated heterocycles. The Bertz CT molecular complexity index is 1410. The van der Waals surface area contributed by atoms with Crippen molar-refractivity contribution < 1.29 is 19.1 Å². The Hall–Kier alpha value is -3.40. The summed E-state index contributed by atoms with van der Waals surface area (Å²) in [5, 5.41) is 1.00. The lowest BCUT2D eigenvalue weighted by Crippen LogP contribution is -2.61. The van der Waals surface area contributed by atoms with Gasteiger partial charge < -0.3 is 14.4 Å². The molecule has 9 heteroatoms. The maximum absolute atomic E-state index is 14.3. The molecule has 3 aromatic rings. The molecule has 0 aliphatic carbocycles. The number of allylic oxidation sites excluding steroid dienone is 1. The summed E-state index contributed by atoms with van der Waals surface area (Å²) >= 11 is 5.18. The van der Waals surface area contributed by atoms with Gasteiger partial charge in [0.05, 0.1) is 24.0 Å². The van der Waals surface area contributed by atoms with E-state index in [9.17, 15) is 9.59 Å². The zero-order chi connectivity index (χ0) is 28.2. The summed E-state index contributed by atoms with van der Waals surface area (Å²) in [5.74, 6) is -0.715. The van der Waals surface area contributed by atoms with Gasteiger partial charge in [-0.3, -0.25) is 14.7 Å². The van der Waals surface area contributed by atoms with Crippen LogP contribution in [0.25, 0.3) is 0 Å². The summed E-state index contributed by atoms with van der Waals surface area (Å²) in [6, 6.07) is 29.0. The fraction of sp³-hybridized carbons (Fsp3) is 0.281. The number of amides is 1. The number of β-lactam (4-membered cyclic amide) rings is 1. The molecule has 0 N–H and O–H groups in total. The largest absolute Gasteiger partial charge is 0.448 e. The highest BCUT2D eigenvalue weighted by atomic mass is 79.9. The predicted molar refractivity (Wildman–Crippen MR) is 164 cm³/mol. The van der Waals surface area contributed by atoms with Crippen molar-refractivity contribution in [3.8, 4) is 0 Å². The highest BCUT2D eigenvalue weighted by molar-refractivity contribution is 9.09. The molecule has 7 nitrogen and oxygen atoms in total. The average molecular weight is 633 g/mol. The molecule has 3 aliphatic rings. The molecule has 0 saturated carbocycles. The molecule has 2 fully saturated rings. The number of fused-ring (bicyclic) bond motifs is 1. The van der Waals surface area contributed by atoms with Crippen LogP contribution in [0, 0.1) is 0 Å². The van der Waals surface area contributed by atoms with Gasteiger partial charge in [-0.05, 0) is 16.7 Å². The minimum absolute atomic E-state index is 0.180. The number of aliphatic imine (C=N–C) groups is 1. The van der Waals surface area contributed by atoms with Gasteiger partial charge in [-0.15, -0.1) is 0 Å². The number of thioether (sulfide) groups is 1. The molecule has 0 radical (unpaired) electrons. The van der Waals surface area contributed by atoms with Crippen molar-refractivity contribution in [2.75, 3.05) is 31.6 Å². The quantitative estimate of drug-likeness (QED) is 0.140. The fourth-order valence-corrected chi connectivity index (χ4v) is 7.28. The number of carbonyl (C=O) groups is 2. The van der Waals surface area contributed by atoms with Crippen LogP contribution in [0.3, 0.4) is 0 Å².